The highest BCUT2D eigenvalue weighted by Crippen LogP contribution is 2.40. The van der Waals surface area contributed by atoms with Crippen LogP contribution in [0.25, 0.3) is 0 Å². The van der Waals surface area contributed by atoms with Crippen molar-refractivity contribution in [1.29, 1.82) is 0 Å². The second-order valence-corrected chi connectivity index (χ2v) is 4.95. The number of nitrogens with zero attached hydrogens (tertiary/aromatic N) is 1. The van der Waals surface area contributed by atoms with Gasteiger partial charge in [0.2, 0.25) is 5.91 Å². The fourth-order valence-electron chi connectivity index (χ4n) is 2.43. The van der Waals surface area contributed by atoms with E-state index in [1.807, 2.05) is 24.0 Å². The van der Waals surface area contributed by atoms with E-state index in [1.165, 1.54) is 6.42 Å². The third-order valence-corrected chi connectivity index (χ3v) is 3.63. The minimum Gasteiger partial charge on any atom is -0.508 e. The maximum Gasteiger partial charge on any atom is 0.227 e. The van der Waals surface area contributed by atoms with Crippen LogP contribution in [0.2, 0.25) is 0 Å². The number of hydrogen-bond donors (Lipinski definition) is 1. The fourth-order valence-corrected chi connectivity index (χ4v) is 2.43. The van der Waals surface area contributed by atoms with Crippen LogP contribution in [0.5, 0.6) is 5.75 Å². The molecule has 0 heterocycles. The quantitative estimate of drug-likeness (QED) is 0.871. The lowest BCUT2D eigenvalue weighted by Gasteiger charge is -2.48. The van der Waals surface area contributed by atoms with E-state index in [1.54, 1.807) is 12.1 Å². The second kappa shape index (κ2) is 4.40. The maximum atomic E-state index is 12.1. The molecule has 2 rings (SSSR count). The minimum absolute atomic E-state index is 0.0376. The van der Waals surface area contributed by atoms with E-state index in [0.29, 0.717) is 6.42 Å². The van der Waals surface area contributed by atoms with E-state index < -0.39 is 0 Å². The average Bonchev–Trinajstić information content (AvgIpc) is 2.29. The Morgan fingerprint density at radius 2 is 1.94 bits per heavy atom. The number of amides is 1. The molecule has 1 aromatic carbocycles. The highest BCUT2D eigenvalue weighted by Gasteiger charge is 2.40. The van der Waals surface area contributed by atoms with Gasteiger partial charge >= 0.3 is 0 Å². The molecule has 0 aliphatic heterocycles. The molecule has 0 spiro atoms. The summed E-state index contributed by atoms with van der Waals surface area (Å²) < 4.78 is 0. The number of rotatable bonds is 3. The highest BCUT2D eigenvalue weighted by atomic mass is 16.3. The van der Waals surface area contributed by atoms with Gasteiger partial charge in [0, 0.05) is 17.6 Å². The Balaban J connectivity index is 2.33. The van der Waals surface area contributed by atoms with Gasteiger partial charge in [-0.15, -0.1) is 0 Å². The van der Waals surface area contributed by atoms with Crippen LogP contribution in [0.3, 0.4) is 0 Å². The zero-order chi connectivity index (χ0) is 12.5. The molecule has 0 bridgehead atoms. The number of aromatic hydroxyl groups is 1. The number of carbonyl (C=O) groups excluding carboxylic acids is 1. The van der Waals surface area contributed by atoms with Gasteiger partial charge in [0.05, 0.1) is 0 Å². The van der Waals surface area contributed by atoms with Crippen molar-refractivity contribution in [3.63, 3.8) is 0 Å². The van der Waals surface area contributed by atoms with Crippen molar-refractivity contribution in [2.45, 2.75) is 45.1 Å². The minimum atomic E-state index is -0.0376. The molecule has 0 aromatic heterocycles. The molecule has 1 aliphatic rings. The molecule has 1 N–H and O–H groups in total. The Bertz CT molecular complexity index is 407. The molecular formula is C14H19NO2. The van der Waals surface area contributed by atoms with Gasteiger partial charge in [0.1, 0.15) is 5.75 Å². The number of carbonyl (C=O) groups is 1. The molecule has 0 radical (unpaired) electrons. The predicted octanol–water partition coefficient (Wildman–Crippen LogP) is 3.08. The molecule has 1 saturated carbocycles. The number of anilines is 1. The van der Waals surface area contributed by atoms with Crippen LogP contribution in [0.1, 0.15) is 39.5 Å². The van der Waals surface area contributed by atoms with Crippen LogP contribution >= 0.6 is 0 Å². The van der Waals surface area contributed by atoms with Crippen molar-refractivity contribution in [2.75, 3.05) is 4.90 Å². The van der Waals surface area contributed by atoms with Gasteiger partial charge in [0.15, 0.2) is 0 Å². The van der Waals surface area contributed by atoms with Crippen LogP contribution in [0.15, 0.2) is 24.3 Å². The Morgan fingerprint density at radius 3 is 2.35 bits per heavy atom. The van der Waals surface area contributed by atoms with Crippen LogP contribution in [0, 0.1) is 0 Å². The summed E-state index contributed by atoms with van der Waals surface area (Å²) in [6.45, 7) is 4.02. The Kier molecular flexibility index (Phi) is 3.09. The summed E-state index contributed by atoms with van der Waals surface area (Å²) in [5.74, 6) is 0.384. The van der Waals surface area contributed by atoms with Crippen molar-refractivity contribution >= 4 is 11.6 Å². The zero-order valence-electron chi connectivity index (χ0n) is 10.4. The molecule has 3 heteroatoms. The van der Waals surface area contributed by atoms with Crippen molar-refractivity contribution in [1.82, 2.24) is 0 Å². The normalized spacial score (nSPS) is 17.3. The van der Waals surface area contributed by atoms with Gasteiger partial charge in [-0.2, -0.15) is 0 Å². The van der Waals surface area contributed by atoms with Crippen molar-refractivity contribution < 1.29 is 9.90 Å². The van der Waals surface area contributed by atoms with E-state index in [-0.39, 0.29) is 17.2 Å². The highest BCUT2D eigenvalue weighted by molar-refractivity contribution is 5.94. The van der Waals surface area contributed by atoms with Crippen LogP contribution in [0.4, 0.5) is 5.69 Å². The Morgan fingerprint density at radius 1 is 1.35 bits per heavy atom. The molecule has 0 saturated heterocycles. The predicted molar refractivity (Wildman–Crippen MR) is 68.1 cm³/mol. The third-order valence-electron chi connectivity index (χ3n) is 3.63. The van der Waals surface area contributed by atoms with Crippen LogP contribution in [-0.4, -0.2) is 16.6 Å². The summed E-state index contributed by atoms with van der Waals surface area (Å²) in [5.41, 5.74) is 0.848. The van der Waals surface area contributed by atoms with Crippen molar-refractivity contribution in [3.05, 3.63) is 24.3 Å². The molecule has 17 heavy (non-hydrogen) atoms. The second-order valence-electron chi connectivity index (χ2n) is 4.95. The summed E-state index contributed by atoms with van der Waals surface area (Å²) >= 11 is 0. The summed E-state index contributed by atoms with van der Waals surface area (Å²) in [6.07, 6.45) is 3.80. The van der Waals surface area contributed by atoms with Crippen molar-refractivity contribution in [3.8, 4) is 5.75 Å². The summed E-state index contributed by atoms with van der Waals surface area (Å²) in [7, 11) is 0. The molecule has 0 unspecified atom stereocenters. The first-order chi connectivity index (χ1) is 8.07. The van der Waals surface area contributed by atoms with E-state index in [9.17, 15) is 9.90 Å². The third kappa shape index (κ3) is 2.14. The maximum absolute atomic E-state index is 12.1. The summed E-state index contributed by atoms with van der Waals surface area (Å²) in [4.78, 5) is 14.0. The van der Waals surface area contributed by atoms with Gasteiger partial charge in [-0.25, -0.2) is 0 Å². The first-order valence-corrected chi connectivity index (χ1v) is 6.19. The van der Waals surface area contributed by atoms with Crippen molar-refractivity contribution in [2.24, 2.45) is 0 Å². The van der Waals surface area contributed by atoms with E-state index >= 15 is 0 Å². The number of benzene rings is 1. The zero-order valence-corrected chi connectivity index (χ0v) is 10.4. The van der Waals surface area contributed by atoms with Crippen LogP contribution < -0.4 is 4.90 Å². The lowest BCUT2D eigenvalue weighted by Crippen LogP contribution is -2.54. The van der Waals surface area contributed by atoms with E-state index in [2.05, 4.69) is 6.92 Å². The first-order valence-electron chi connectivity index (χ1n) is 6.19. The summed E-state index contributed by atoms with van der Waals surface area (Å²) in [6, 6.07) is 6.89. The number of phenolic OH excluding ortho intramolecular Hbond substituents is 1. The van der Waals surface area contributed by atoms with Gasteiger partial charge < -0.3 is 10.0 Å². The number of phenols is 1. The number of hydrogen-bond acceptors (Lipinski definition) is 2. The Labute approximate surface area is 102 Å². The largest absolute Gasteiger partial charge is 0.508 e. The molecule has 1 fully saturated rings. The molecular weight excluding hydrogens is 214 g/mol. The molecule has 1 amide bonds. The van der Waals surface area contributed by atoms with Gasteiger partial charge in [0.25, 0.3) is 0 Å². The lowest BCUT2D eigenvalue weighted by molar-refractivity contribution is -0.120. The Hall–Kier alpha value is -1.51. The standard InChI is InChI=1S/C14H19NO2/c1-3-13(17)15(14(2)9-4-10-14)11-5-7-12(16)8-6-11/h5-8,16H,3-4,9-10H2,1-2H3. The average molecular weight is 233 g/mol. The van der Waals surface area contributed by atoms with Crippen LogP contribution in [-0.2, 0) is 4.79 Å². The van der Waals surface area contributed by atoms with Gasteiger partial charge in [-0.05, 0) is 50.5 Å². The van der Waals surface area contributed by atoms with Gasteiger partial charge in [-0.3, -0.25) is 4.79 Å². The molecule has 3 nitrogen and oxygen atoms in total. The monoisotopic (exact) mass is 233 g/mol. The lowest BCUT2D eigenvalue weighted by atomic mass is 9.76. The molecule has 92 valence electrons. The molecule has 0 atom stereocenters. The smallest absolute Gasteiger partial charge is 0.227 e. The van der Waals surface area contributed by atoms with E-state index in [0.717, 1.165) is 18.5 Å². The SMILES string of the molecule is CCC(=O)N(c1ccc(O)cc1)C1(C)CCC1. The molecule has 1 aliphatic carbocycles. The van der Waals surface area contributed by atoms with E-state index in [4.69, 9.17) is 0 Å². The van der Waals surface area contributed by atoms with Gasteiger partial charge in [-0.1, -0.05) is 6.92 Å². The first kappa shape index (κ1) is 12.0. The fraction of sp³-hybridized carbons (Fsp3) is 0.500. The summed E-state index contributed by atoms with van der Waals surface area (Å²) in [5, 5.41) is 9.30. The molecule has 1 aromatic rings. The topological polar surface area (TPSA) is 40.5 Å².